The fraction of sp³-hybridized carbons (Fsp3) is 0.263. The second kappa shape index (κ2) is 8.61. The van der Waals surface area contributed by atoms with Gasteiger partial charge in [-0.3, -0.25) is 4.79 Å². The number of anilines is 2. The average molecular weight is 419 g/mol. The minimum absolute atomic E-state index is 0.0508. The van der Waals surface area contributed by atoms with Crippen LogP contribution >= 0.6 is 11.6 Å². The molecule has 2 N–H and O–H groups in total. The molecule has 0 saturated carbocycles. The lowest BCUT2D eigenvalue weighted by Crippen LogP contribution is -2.28. The van der Waals surface area contributed by atoms with Crippen LogP contribution in [0.1, 0.15) is 18.4 Å². The third-order valence-electron chi connectivity index (χ3n) is 4.36. The number of nitriles is 1. The maximum absolute atomic E-state index is 12.6. The molecule has 1 heterocycles. The molecule has 0 unspecified atom stereocenters. The van der Waals surface area contributed by atoms with Gasteiger partial charge in [-0.15, -0.1) is 0 Å². The van der Waals surface area contributed by atoms with Crippen molar-refractivity contribution >= 4 is 38.9 Å². The molecule has 146 valence electrons. The van der Waals surface area contributed by atoms with Crippen molar-refractivity contribution < 1.29 is 13.2 Å². The number of halogens is 1. The van der Waals surface area contributed by atoms with Crippen LogP contribution in [0.3, 0.4) is 0 Å². The first-order chi connectivity index (χ1) is 13.4. The van der Waals surface area contributed by atoms with Gasteiger partial charge >= 0.3 is 0 Å². The van der Waals surface area contributed by atoms with Crippen LogP contribution in [-0.2, 0) is 14.8 Å². The van der Waals surface area contributed by atoms with Gasteiger partial charge < -0.3 is 10.6 Å². The molecule has 2 aromatic carbocycles. The van der Waals surface area contributed by atoms with Crippen LogP contribution in [0.5, 0.6) is 0 Å². The molecule has 28 heavy (non-hydrogen) atoms. The third-order valence-corrected chi connectivity index (χ3v) is 6.57. The summed E-state index contributed by atoms with van der Waals surface area (Å²) in [6, 6.07) is 13.0. The SMILES string of the molecule is N#Cc1ccc(NC(=O)CNc2cccc(S(=O)(=O)N3CCCC3)c2)cc1Cl. The van der Waals surface area contributed by atoms with Gasteiger partial charge in [0.15, 0.2) is 0 Å². The van der Waals surface area contributed by atoms with Crippen LogP contribution < -0.4 is 10.6 Å². The predicted octanol–water partition coefficient (Wildman–Crippen LogP) is 3.05. The fourth-order valence-electron chi connectivity index (χ4n) is 2.92. The van der Waals surface area contributed by atoms with E-state index >= 15 is 0 Å². The topological polar surface area (TPSA) is 102 Å². The van der Waals surface area contributed by atoms with Crippen molar-refractivity contribution in [1.29, 1.82) is 5.26 Å². The van der Waals surface area contributed by atoms with Crippen molar-refractivity contribution in [2.75, 3.05) is 30.3 Å². The fourth-order valence-corrected chi connectivity index (χ4v) is 4.70. The summed E-state index contributed by atoms with van der Waals surface area (Å²) < 4.78 is 26.7. The Morgan fingerprint density at radius 1 is 1.14 bits per heavy atom. The number of nitrogens with zero attached hydrogens (tertiary/aromatic N) is 2. The quantitative estimate of drug-likeness (QED) is 0.750. The van der Waals surface area contributed by atoms with Gasteiger partial charge in [-0.25, -0.2) is 8.42 Å². The summed E-state index contributed by atoms with van der Waals surface area (Å²) in [6.07, 6.45) is 1.74. The highest BCUT2D eigenvalue weighted by Crippen LogP contribution is 2.23. The number of amides is 1. The molecule has 0 radical (unpaired) electrons. The molecular formula is C19H19ClN4O3S. The van der Waals surface area contributed by atoms with Gasteiger partial charge in [0.1, 0.15) is 6.07 Å². The highest BCUT2D eigenvalue weighted by molar-refractivity contribution is 7.89. The monoisotopic (exact) mass is 418 g/mol. The number of carbonyl (C=O) groups is 1. The molecule has 3 rings (SSSR count). The molecule has 2 aromatic rings. The first kappa shape index (κ1) is 20.1. The first-order valence-corrected chi connectivity index (χ1v) is 10.6. The summed E-state index contributed by atoms with van der Waals surface area (Å²) in [6.45, 7) is 1.02. The van der Waals surface area contributed by atoms with E-state index in [-0.39, 0.29) is 22.4 Å². The summed E-state index contributed by atoms with van der Waals surface area (Å²) >= 11 is 5.95. The van der Waals surface area contributed by atoms with Gasteiger partial charge in [-0.1, -0.05) is 17.7 Å². The summed E-state index contributed by atoms with van der Waals surface area (Å²) in [5.74, 6) is -0.325. The maximum Gasteiger partial charge on any atom is 0.243 e. The zero-order valence-corrected chi connectivity index (χ0v) is 16.6. The molecule has 1 fully saturated rings. The first-order valence-electron chi connectivity index (χ1n) is 8.74. The number of rotatable bonds is 6. The molecule has 0 spiro atoms. The minimum Gasteiger partial charge on any atom is -0.376 e. The van der Waals surface area contributed by atoms with E-state index in [0.717, 1.165) is 12.8 Å². The van der Waals surface area contributed by atoms with Crippen LogP contribution in [0, 0.1) is 11.3 Å². The molecule has 0 bridgehead atoms. The molecule has 0 aromatic heterocycles. The summed E-state index contributed by atoms with van der Waals surface area (Å²) in [4.78, 5) is 12.3. The average Bonchev–Trinajstić information content (AvgIpc) is 3.22. The van der Waals surface area contributed by atoms with Crippen molar-refractivity contribution in [2.24, 2.45) is 0 Å². The van der Waals surface area contributed by atoms with E-state index in [2.05, 4.69) is 10.6 Å². The van der Waals surface area contributed by atoms with Gasteiger partial charge in [0.25, 0.3) is 0 Å². The molecule has 1 aliphatic heterocycles. The van der Waals surface area contributed by atoms with Crippen LogP contribution in [0.15, 0.2) is 47.4 Å². The Morgan fingerprint density at radius 3 is 2.57 bits per heavy atom. The van der Waals surface area contributed by atoms with Crippen LogP contribution in [-0.4, -0.2) is 38.3 Å². The summed E-state index contributed by atoms with van der Waals surface area (Å²) in [7, 11) is -3.51. The highest BCUT2D eigenvalue weighted by atomic mass is 35.5. The van der Waals surface area contributed by atoms with Crippen LogP contribution in [0.4, 0.5) is 11.4 Å². The minimum atomic E-state index is -3.51. The largest absolute Gasteiger partial charge is 0.376 e. The molecule has 0 atom stereocenters. The molecule has 9 heteroatoms. The maximum atomic E-state index is 12.6. The Labute approximate surface area is 169 Å². The molecule has 0 aliphatic carbocycles. The van der Waals surface area contributed by atoms with Gasteiger partial charge in [0, 0.05) is 24.5 Å². The van der Waals surface area contributed by atoms with E-state index in [9.17, 15) is 13.2 Å². The number of nitrogens with one attached hydrogen (secondary N) is 2. The molecule has 1 saturated heterocycles. The van der Waals surface area contributed by atoms with E-state index in [1.807, 2.05) is 6.07 Å². The van der Waals surface area contributed by atoms with Crippen LogP contribution in [0.25, 0.3) is 0 Å². The predicted molar refractivity (Wildman–Crippen MR) is 108 cm³/mol. The van der Waals surface area contributed by atoms with Crippen molar-refractivity contribution in [3.05, 3.63) is 53.1 Å². The Bertz CT molecular complexity index is 1030. The normalized spacial score (nSPS) is 14.4. The molecule has 1 aliphatic rings. The van der Waals surface area contributed by atoms with E-state index < -0.39 is 10.0 Å². The van der Waals surface area contributed by atoms with E-state index in [1.54, 1.807) is 24.3 Å². The molecule has 1 amide bonds. The van der Waals surface area contributed by atoms with Crippen molar-refractivity contribution in [2.45, 2.75) is 17.7 Å². The van der Waals surface area contributed by atoms with E-state index in [1.165, 1.54) is 22.5 Å². The van der Waals surface area contributed by atoms with Crippen molar-refractivity contribution in [1.82, 2.24) is 4.31 Å². The standard InChI is InChI=1S/C19H19ClN4O3S/c20-18-11-16(7-6-14(18)12-21)23-19(25)13-22-15-4-3-5-17(10-15)28(26,27)24-8-1-2-9-24/h3-7,10-11,22H,1-2,8-9,13H2,(H,23,25). The second-order valence-corrected chi connectivity index (χ2v) is 8.69. The number of carbonyl (C=O) groups excluding carboxylic acids is 1. The van der Waals surface area contributed by atoms with Crippen LogP contribution in [0.2, 0.25) is 5.02 Å². The Kier molecular flexibility index (Phi) is 6.19. The number of sulfonamides is 1. The lowest BCUT2D eigenvalue weighted by atomic mass is 10.2. The van der Waals surface area contributed by atoms with E-state index in [0.29, 0.717) is 30.0 Å². The van der Waals surface area contributed by atoms with Gasteiger partial charge in [0.2, 0.25) is 15.9 Å². The third kappa shape index (κ3) is 4.62. The van der Waals surface area contributed by atoms with Gasteiger partial charge in [-0.2, -0.15) is 9.57 Å². The van der Waals surface area contributed by atoms with Gasteiger partial charge in [0.05, 0.1) is 22.0 Å². The lowest BCUT2D eigenvalue weighted by Gasteiger charge is -2.16. The van der Waals surface area contributed by atoms with Crippen molar-refractivity contribution in [3.63, 3.8) is 0 Å². The summed E-state index contributed by atoms with van der Waals surface area (Å²) in [5, 5.41) is 14.7. The Hall–Kier alpha value is -2.60. The van der Waals surface area contributed by atoms with E-state index in [4.69, 9.17) is 16.9 Å². The zero-order chi connectivity index (χ0) is 20.1. The highest BCUT2D eigenvalue weighted by Gasteiger charge is 2.27. The number of benzene rings is 2. The molecular weight excluding hydrogens is 400 g/mol. The molecule has 7 nitrogen and oxygen atoms in total. The zero-order valence-electron chi connectivity index (χ0n) is 15.0. The Balaban J connectivity index is 1.62. The second-order valence-electron chi connectivity index (χ2n) is 6.35. The van der Waals surface area contributed by atoms with Crippen molar-refractivity contribution in [3.8, 4) is 6.07 Å². The number of hydrogen-bond donors (Lipinski definition) is 2. The summed E-state index contributed by atoms with van der Waals surface area (Å²) in [5.41, 5.74) is 1.34. The smallest absolute Gasteiger partial charge is 0.243 e. The lowest BCUT2D eigenvalue weighted by molar-refractivity contribution is -0.114. The number of hydrogen-bond acceptors (Lipinski definition) is 5. The van der Waals surface area contributed by atoms with Gasteiger partial charge in [-0.05, 0) is 49.2 Å². The Morgan fingerprint density at radius 2 is 1.89 bits per heavy atom.